The maximum Gasteiger partial charge on any atom is 0.334 e. The highest BCUT2D eigenvalue weighted by atomic mass is 16.5. The van der Waals surface area contributed by atoms with Crippen LogP contribution >= 0.6 is 0 Å². The maximum atomic E-state index is 13.2. The van der Waals surface area contributed by atoms with Crippen LogP contribution in [0.4, 0.5) is 0 Å². The molecule has 0 N–H and O–H groups in total. The van der Waals surface area contributed by atoms with E-state index in [-0.39, 0.29) is 5.97 Å². The summed E-state index contributed by atoms with van der Waals surface area (Å²) in [6, 6.07) is 30.2. The number of benzene rings is 3. The first-order chi connectivity index (χ1) is 14.7. The van der Waals surface area contributed by atoms with Crippen LogP contribution in [0.25, 0.3) is 0 Å². The van der Waals surface area contributed by atoms with E-state index in [1.54, 1.807) is 0 Å². The highest BCUT2D eigenvalue weighted by Gasteiger charge is 2.39. The number of carbonyl (C=O) groups excluding carboxylic acids is 1. The Morgan fingerprint density at radius 3 is 1.80 bits per heavy atom. The van der Waals surface area contributed by atoms with E-state index in [9.17, 15) is 4.79 Å². The van der Waals surface area contributed by atoms with Crippen LogP contribution in [-0.4, -0.2) is 24.3 Å². The summed E-state index contributed by atoms with van der Waals surface area (Å²) in [5.74, 6) is -0.288. The van der Waals surface area contributed by atoms with Crippen molar-refractivity contribution in [3.8, 4) is 0 Å². The molecule has 0 bridgehead atoms. The van der Waals surface area contributed by atoms with Crippen LogP contribution in [0.5, 0.6) is 0 Å². The third-order valence-corrected chi connectivity index (χ3v) is 5.27. The summed E-state index contributed by atoms with van der Waals surface area (Å²) in [5.41, 5.74) is 2.88. The van der Waals surface area contributed by atoms with E-state index in [0.29, 0.717) is 12.8 Å². The highest BCUT2D eigenvalue weighted by Crippen LogP contribution is 2.29. The molecule has 3 heteroatoms. The van der Waals surface area contributed by atoms with E-state index in [4.69, 9.17) is 9.73 Å². The molecule has 0 aromatic heterocycles. The Kier molecular flexibility index (Phi) is 7.56. The molecule has 0 saturated carbocycles. The van der Waals surface area contributed by atoms with Crippen molar-refractivity contribution in [2.75, 3.05) is 7.11 Å². The van der Waals surface area contributed by atoms with Gasteiger partial charge >= 0.3 is 5.97 Å². The number of ether oxygens (including phenoxy) is 1. The molecule has 0 aliphatic carbocycles. The minimum Gasteiger partial charge on any atom is -0.467 e. The largest absolute Gasteiger partial charge is 0.467 e. The Morgan fingerprint density at radius 2 is 1.33 bits per heavy atom. The van der Waals surface area contributed by atoms with Gasteiger partial charge in [-0.1, -0.05) is 111 Å². The highest BCUT2D eigenvalue weighted by molar-refractivity contribution is 6.13. The van der Waals surface area contributed by atoms with Crippen LogP contribution in [0.2, 0.25) is 0 Å². The lowest BCUT2D eigenvalue weighted by molar-refractivity contribution is -0.147. The van der Waals surface area contributed by atoms with Gasteiger partial charge in [0, 0.05) is 17.5 Å². The second-order valence-corrected chi connectivity index (χ2v) is 7.48. The predicted octanol–water partition coefficient (Wildman–Crippen LogP) is 5.87. The van der Waals surface area contributed by atoms with Gasteiger partial charge in [0.15, 0.2) is 5.54 Å². The summed E-state index contributed by atoms with van der Waals surface area (Å²) in [7, 11) is 1.45. The van der Waals surface area contributed by atoms with E-state index in [1.807, 2.05) is 91.0 Å². The van der Waals surface area contributed by atoms with Crippen molar-refractivity contribution in [3.05, 3.63) is 108 Å². The molecular formula is C27H29NO2. The van der Waals surface area contributed by atoms with Crippen molar-refractivity contribution in [1.29, 1.82) is 0 Å². The van der Waals surface area contributed by atoms with E-state index in [2.05, 4.69) is 6.92 Å². The fourth-order valence-corrected chi connectivity index (χ4v) is 3.70. The van der Waals surface area contributed by atoms with Crippen molar-refractivity contribution >= 4 is 11.7 Å². The van der Waals surface area contributed by atoms with E-state index in [0.717, 1.165) is 35.2 Å². The van der Waals surface area contributed by atoms with E-state index < -0.39 is 5.54 Å². The lowest BCUT2D eigenvalue weighted by Crippen LogP contribution is -2.41. The van der Waals surface area contributed by atoms with Crippen molar-refractivity contribution in [2.24, 2.45) is 4.99 Å². The second kappa shape index (κ2) is 10.5. The number of nitrogens with zero attached hydrogens (tertiary/aromatic N) is 1. The van der Waals surface area contributed by atoms with Gasteiger partial charge in [-0.25, -0.2) is 4.79 Å². The number of aliphatic imine (C=N–C) groups is 1. The number of esters is 1. The summed E-state index contributed by atoms with van der Waals surface area (Å²) in [6.07, 6.45) is 3.01. The van der Waals surface area contributed by atoms with Crippen LogP contribution in [0, 0.1) is 0 Å². The second-order valence-electron chi connectivity index (χ2n) is 7.48. The molecule has 3 nitrogen and oxygen atoms in total. The zero-order valence-electron chi connectivity index (χ0n) is 17.8. The third kappa shape index (κ3) is 5.24. The standard InChI is InChI=1S/C27H29NO2/c1-3-4-20-27(26(29)30-2,21-22-14-8-5-9-15-22)28-25(23-16-10-6-11-17-23)24-18-12-7-13-19-24/h5-19H,3-4,20-21H2,1-2H3/t27-/m0/s1. The van der Waals surface area contributed by atoms with Crippen LogP contribution in [0.15, 0.2) is 96.0 Å². The third-order valence-electron chi connectivity index (χ3n) is 5.27. The van der Waals surface area contributed by atoms with Gasteiger partial charge in [-0.3, -0.25) is 4.99 Å². The monoisotopic (exact) mass is 399 g/mol. The molecule has 0 fully saturated rings. The van der Waals surface area contributed by atoms with Crippen LogP contribution < -0.4 is 0 Å². The molecular weight excluding hydrogens is 370 g/mol. The van der Waals surface area contributed by atoms with Gasteiger partial charge in [0.2, 0.25) is 0 Å². The minimum atomic E-state index is -0.979. The van der Waals surface area contributed by atoms with Crippen LogP contribution in [0.1, 0.15) is 42.9 Å². The summed E-state index contributed by atoms with van der Waals surface area (Å²) >= 11 is 0. The summed E-state index contributed by atoms with van der Waals surface area (Å²) in [4.78, 5) is 18.4. The average molecular weight is 400 g/mol. The molecule has 3 aromatic rings. The van der Waals surface area contributed by atoms with Crippen molar-refractivity contribution in [3.63, 3.8) is 0 Å². The summed E-state index contributed by atoms with van der Waals surface area (Å²) < 4.78 is 5.31. The number of unbranched alkanes of at least 4 members (excludes halogenated alkanes) is 1. The van der Waals surface area contributed by atoms with E-state index >= 15 is 0 Å². The Bertz CT molecular complexity index is 910. The Morgan fingerprint density at radius 1 is 0.833 bits per heavy atom. The number of hydrogen-bond donors (Lipinski definition) is 0. The van der Waals surface area contributed by atoms with Crippen LogP contribution in [0.3, 0.4) is 0 Å². The number of hydrogen-bond acceptors (Lipinski definition) is 3. The topological polar surface area (TPSA) is 38.7 Å². The molecule has 0 aliphatic heterocycles. The predicted molar refractivity (Wildman–Crippen MR) is 123 cm³/mol. The van der Waals surface area contributed by atoms with Crippen molar-refractivity contribution < 1.29 is 9.53 Å². The Hall–Kier alpha value is -3.20. The zero-order chi connectivity index (χ0) is 21.2. The molecule has 1 atom stereocenters. The molecule has 0 unspecified atom stereocenters. The normalized spacial score (nSPS) is 12.6. The first-order valence-corrected chi connectivity index (χ1v) is 10.5. The molecule has 3 rings (SSSR count). The average Bonchev–Trinajstić information content (AvgIpc) is 2.82. The van der Waals surface area contributed by atoms with Gasteiger partial charge in [-0.15, -0.1) is 0 Å². The molecule has 0 aliphatic rings. The zero-order valence-corrected chi connectivity index (χ0v) is 17.8. The SMILES string of the molecule is CCCC[C@@](Cc1ccccc1)(N=C(c1ccccc1)c1ccccc1)C(=O)OC. The molecule has 0 heterocycles. The first-order valence-electron chi connectivity index (χ1n) is 10.5. The van der Waals surface area contributed by atoms with Crippen molar-refractivity contribution in [2.45, 2.75) is 38.1 Å². The van der Waals surface area contributed by atoms with Gasteiger partial charge in [-0.2, -0.15) is 0 Å². The minimum absolute atomic E-state index is 0.288. The van der Waals surface area contributed by atoms with Gasteiger partial charge in [0.25, 0.3) is 0 Å². The lowest BCUT2D eigenvalue weighted by Gasteiger charge is -2.29. The molecule has 3 aromatic carbocycles. The van der Waals surface area contributed by atoms with Gasteiger partial charge < -0.3 is 4.74 Å². The molecule has 0 radical (unpaired) electrons. The first kappa shape index (κ1) is 21.5. The fourth-order valence-electron chi connectivity index (χ4n) is 3.70. The van der Waals surface area contributed by atoms with Gasteiger partial charge in [0.1, 0.15) is 0 Å². The smallest absolute Gasteiger partial charge is 0.334 e. The summed E-state index contributed by atoms with van der Waals surface area (Å²) in [6.45, 7) is 2.13. The molecule has 0 amide bonds. The summed E-state index contributed by atoms with van der Waals surface area (Å²) in [5, 5.41) is 0. The molecule has 30 heavy (non-hydrogen) atoms. The van der Waals surface area contributed by atoms with E-state index in [1.165, 1.54) is 7.11 Å². The fraction of sp³-hybridized carbons (Fsp3) is 0.259. The van der Waals surface area contributed by atoms with Crippen molar-refractivity contribution in [1.82, 2.24) is 0 Å². The maximum absolute atomic E-state index is 13.2. The van der Waals surface area contributed by atoms with Crippen LogP contribution in [-0.2, 0) is 16.0 Å². The number of rotatable bonds is 9. The Balaban J connectivity index is 2.19. The lowest BCUT2D eigenvalue weighted by atomic mass is 9.85. The number of carbonyl (C=O) groups is 1. The quantitative estimate of drug-likeness (QED) is 0.333. The van der Waals surface area contributed by atoms with Gasteiger partial charge in [0.05, 0.1) is 12.8 Å². The number of methoxy groups -OCH3 is 1. The molecule has 154 valence electrons. The van der Waals surface area contributed by atoms with Gasteiger partial charge in [-0.05, 0) is 12.0 Å². The molecule has 0 spiro atoms. The molecule has 0 saturated heterocycles. The Labute approximate surface area is 179 Å².